The van der Waals surface area contributed by atoms with E-state index in [4.69, 9.17) is 10.2 Å². The van der Waals surface area contributed by atoms with Crippen LogP contribution in [0.4, 0.5) is 0 Å². The molecule has 2 rings (SSSR count). The van der Waals surface area contributed by atoms with E-state index in [-0.39, 0.29) is 12.3 Å². The quantitative estimate of drug-likeness (QED) is 0.571. The summed E-state index contributed by atoms with van der Waals surface area (Å²) in [6.07, 6.45) is 4.57. The lowest BCUT2D eigenvalue weighted by Crippen LogP contribution is -2.55. The highest BCUT2D eigenvalue weighted by molar-refractivity contribution is 5.96. The molecule has 148 valence electrons. The van der Waals surface area contributed by atoms with Crippen molar-refractivity contribution in [2.75, 3.05) is 0 Å². The third kappa shape index (κ3) is 6.42. The SMILES string of the molecule is CC(C)[C@@H](NC(=O)[C@@H](Cc1ccccc1)NC(=O)/C=C/c1ccco1)C(N)=O. The van der Waals surface area contributed by atoms with Crippen LogP contribution in [0.5, 0.6) is 0 Å². The fraction of sp³-hybridized carbons (Fsp3) is 0.286. The first-order valence-corrected chi connectivity index (χ1v) is 9.02. The molecule has 28 heavy (non-hydrogen) atoms. The lowest BCUT2D eigenvalue weighted by molar-refractivity contribution is -0.131. The van der Waals surface area contributed by atoms with Gasteiger partial charge in [0.05, 0.1) is 6.26 Å². The van der Waals surface area contributed by atoms with Gasteiger partial charge in [0, 0.05) is 12.5 Å². The Kier molecular flexibility index (Phi) is 7.56. The molecule has 0 spiro atoms. The molecular formula is C21H25N3O4. The zero-order valence-corrected chi connectivity index (χ0v) is 15.9. The molecule has 0 saturated heterocycles. The smallest absolute Gasteiger partial charge is 0.244 e. The predicted molar refractivity (Wildman–Crippen MR) is 106 cm³/mol. The Labute approximate surface area is 164 Å². The zero-order valence-electron chi connectivity index (χ0n) is 15.9. The number of furan rings is 1. The molecular weight excluding hydrogens is 358 g/mol. The number of nitrogens with two attached hydrogens (primary N) is 1. The van der Waals surface area contributed by atoms with Crippen molar-refractivity contribution in [2.24, 2.45) is 11.7 Å². The second-order valence-corrected chi connectivity index (χ2v) is 6.73. The average Bonchev–Trinajstić information content (AvgIpc) is 3.17. The minimum absolute atomic E-state index is 0.173. The third-order valence-corrected chi connectivity index (χ3v) is 4.13. The van der Waals surface area contributed by atoms with Gasteiger partial charge in [-0.1, -0.05) is 44.2 Å². The summed E-state index contributed by atoms with van der Waals surface area (Å²) in [5, 5.41) is 5.32. The van der Waals surface area contributed by atoms with Gasteiger partial charge in [-0.15, -0.1) is 0 Å². The van der Waals surface area contributed by atoms with Gasteiger partial charge < -0.3 is 20.8 Å². The van der Waals surface area contributed by atoms with E-state index in [0.717, 1.165) is 5.56 Å². The summed E-state index contributed by atoms with van der Waals surface area (Å²) >= 11 is 0. The lowest BCUT2D eigenvalue weighted by atomic mass is 10.0. The van der Waals surface area contributed by atoms with E-state index in [1.165, 1.54) is 18.4 Å². The van der Waals surface area contributed by atoms with Crippen molar-refractivity contribution in [3.8, 4) is 0 Å². The highest BCUT2D eigenvalue weighted by atomic mass is 16.3. The number of rotatable bonds is 9. The molecule has 7 nitrogen and oxygen atoms in total. The van der Waals surface area contributed by atoms with Crippen LogP contribution >= 0.6 is 0 Å². The van der Waals surface area contributed by atoms with E-state index in [1.54, 1.807) is 26.0 Å². The maximum absolute atomic E-state index is 12.8. The van der Waals surface area contributed by atoms with Crippen LogP contribution in [0.1, 0.15) is 25.2 Å². The number of carbonyl (C=O) groups excluding carboxylic acids is 3. The molecule has 4 N–H and O–H groups in total. The lowest BCUT2D eigenvalue weighted by Gasteiger charge is -2.23. The Morgan fingerprint density at radius 1 is 1.07 bits per heavy atom. The molecule has 0 aliphatic carbocycles. The minimum atomic E-state index is -0.864. The predicted octanol–water partition coefficient (Wildman–Crippen LogP) is 1.65. The van der Waals surface area contributed by atoms with Crippen molar-refractivity contribution in [3.63, 3.8) is 0 Å². The van der Waals surface area contributed by atoms with E-state index in [1.807, 2.05) is 30.3 Å². The molecule has 0 bridgehead atoms. The molecule has 2 aromatic rings. The highest BCUT2D eigenvalue weighted by Crippen LogP contribution is 2.07. The number of primary amides is 1. The van der Waals surface area contributed by atoms with Crippen LogP contribution in [0.15, 0.2) is 59.2 Å². The van der Waals surface area contributed by atoms with Gasteiger partial charge >= 0.3 is 0 Å². The standard InChI is InChI=1S/C21H25N3O4/c1-14(2)19(20(22)26)24-21(27)17(13-15-7-4-3-5-8-15)23-18(25)11-10-16-9-6-12-28-16/h3-12,14,17,19H,13H2,1-2H3,(H2,22,26)(H,23,25)(H,24,27)/b11-10+/t17-,19-/m1/s1. The van der Waals surface area contributed by atoms with Crippen molar-refractivity contribution < 1.29 is 18.8 Å². The Morgan fingerprint density at radius 3 is 2.36 bits per heavy atom. The number of benzene rings is 1. The molecule has 1 aromatic carbocycles. The van der Waals surface area contributed by atoms with E-state index < -0.39 is 29.8 Å². The monoisotopic (exact) mass is 383 g/mol. The van der Waals surface area contributed by atoms with Crippen LogP contribution in [0.3, 0.4) is 0 Å². The zero-order chi connectivity index (χ0) is 20.5. The molecule has 0 saturated carbocycles. The molecule has 7 heteroatoms. The van der Waals surface area contributed by atoms with Crippen LogP contribution in [-0.4, -0.2) is 29.8 Å². The summed E-state index contributed by atoms with van der Waals surface area (Å²) in [6, 6.07) is 11.0. The summed E-state index contributed by atoms with van der Waals surface area (Å²) in [6.45, 7) is 3.57. The van der Waals surface area contributed by atoms with Crippen molar-refractivity contribution in [1.29, 1.82) is 0 Å². The van der Waals surface area contributed by atoms with E-state index in [2.05, 4.69) is 10.6 Å². The van der Waals surface area contributed by atoms with Gasteiger partial charge in [0.25, 0.3) is 0 Å². The van der Waals surface area contributed by atoms with Crippen LogP contribution < -0.4 is 16.4 Å². The highest BCUT2D eigenvalue weighted by Gasteiger charge is 2.27. The third-order valence-electron chi connectivity index (χ3n) is 4.13. The maximum Gasteiger partial charge on any atom is 0.244 e. The number of hydrogen-bond acceptors (Lipinski definition) is 4. The molecule has 2 atom stereocenters. The van der Waals surface area contributed by atoms with Crippen molar-refractivity contribution in [2.45, 2.75) is 32.4 Å². The van der Waals surface area contributed by atoms with Crippen molar-refractivity contribution in [3.05, 3.63) is 66.1 Å². The molecule has 0 aliphatic rings. The molecule has 0 radical (unpaired) electrons. The van der Waals surface area contributed by atoms with Gasteiger partial charge in [-0.2, -0.15) is 0 Å². The molecule has 0 aliphatic heterocycles. The summed E-state index contributed by atoms with van der Waals surface area (Å²) in [4.78, 5) is 36.7. The first-order valence-electron chi connectivity index (χ1n) is 9.02. The molecule has 3 amide bonds. The van der Waals surface area contributed by atoms with Gasteiger partial charge in [0.2, 0.25) is 17.7 Å². The van der Waals surface area contributed by atoms with Gasteiger partial charge in [-0.25, -0.2) is 0 Å². The van der Waals surface area contributed by atoms with Crippen LogP contribution in [0, 0.1) is 5.92 Å². The van der Waals surface area contributed by atoms with E-state index in [0.29, 0.717) is 5.76 Å². The fourth-order valence-corrected chi connectivity index (χ4v) is 2.64. The van der Waals surface area contributed by atoms with Crippen LogP contribution in [0.2, 0.25) is 0 Å². The number of nitrogens with one attached hydrogen (secondary N) is 2. The molecule has 0 fully saturated rings. The second kappa shape index (κ2) is 10.1. The Morgan fingerprint density at radius 2 is 1.79 bits per heavy atom. The first kappa shape index (κ1) is 21.0. The van der Waals surface area contributed by atoms with Gasteiger partial charge in [-0.05, 0) is 29.7 Å². The van der Waals surface area contributed by atoms with Gasteiger partial charge in [-0.3, -0.25) is 14.4 Å². The first-order chi connectivity index (χ1) is 13.4. The van der Waals surface area contributed by atoms with Crippen LogP contribution in [-0.2, 0) is 20.8 Å². The summed E-state index contributed by atoms with van der Waals surface area (Å²) < 4.78 is 5.14. The summed E-state index contributed by atoms with van der Waals surface area (Å²) in [5.41, 5.74) is 6.25. The summed E-state index contributed by atoms with van der Waals surface area (Å²) in [7, 11) is 0. The van der Waals surface area contributed by atoms with Gasteiger partial charge in [0.15, 0.2) is 0 Å². The summed E-state index contributed by atoms with van der Waals surface area (Å²) in [5.74, 6) is -1.19. The van der Waals surface area contributed by atoms with E-state index in [9.17, 15) is 14.4 Å². The topological polar surface area (TPSA) is 114 Å². The average molecular weight is 383 g/mol. The van der Waals surface area contributed by atoms with Crippen LogP contribution in [0.25, 0.3) is 6.08 Å². The normalized spacial score (nSPS) is 13.2. The minimum Gasteiger partial charge on any atom is -0.465 e. The van der Waals surface area contributed by atoms with Crippen molar-refractivity contribution >= 4 is 23.8 Å². The Hall–Kier alpha value is -3.35. The van der Waals surface area contributed by atoms with Crippen molar-refractivity contribution in [1.82, 2.24) is 10.6 Å². The number of hydrogen-bond donors (Lipinski definition) is 3. The molecule has 1 heterocycles. The maximum atomic E-state index is 12.8. The largest absolute Gasteiger partial charge is 0.465 e. The number of carbonyl (C=O) groups is 3. The number of amides is 3. The van der Waals surface area contributed by atoms with Gasteiger partial charge in [0.1, 0.15) is 17.8 Å². The molecule has 0 unspecified atom stereocenters. The molecule has 1 aromatic heterocycles. The fourth-order valence-electron chi connectivity index (χ4n) is 2.64. The Bertz CT molecular complexity index is 813. The Balaban J connectivity index is 2.12. The second-order valence-electron chi connectivity index (χ2n) is 6.73. The van der Waals surface area contributed by atoms with E-state index >= 15 is 0 Å².